The largest absolute Gasteiger partial charge is 0.493 e. The van der Waals surface area contributed by atoms with Gasteiger partial charge in [0.2, 0.25) is 0 Å². The summed E-state index contributed by atoms with van der Waals surface area (Å²) in [6.45, 7) is 2.33. The number of benzene rings is 1. The average Bonchev–Trinajstić information content (AvgIpc) is 2.48. The van der Waals surface area contributed by atoms with Crippen molar-refractivity contribution < 1.29 is 9.94 Å². The van der Waals surface area contributed by atoms with Crippen LogP contribution < -0.4 is 4.74 Å². The summed E-state index contributed by atoms with van der Waals surface area (Å²) in [4.78, 5) is 4.23. The van der Waals surface area contributed by atoms with Crippen LogP contribution in [0.4, 0.5) is 0 Å². The van der Waals surface area contributed by atoms with E-state index in [1.54, 1.807) is 13.1 Å². The van der Waals surface area contributed by atoms with Crippen molar-refractivity contribution >= 4 is 5.71 Å². The Labute approximate surface area is 112 Å². The van der Waals surface area contributed by atoms with Gasteiger partial charge in [0.1, 0.15) is 5.75 Å². The molecule has 98 valence electrons. The minimum atomic E-state index is 0.583. The first-order valence-electron chi connectivity index (χ1n) is 6.11. The maximum absolute atomic E-state index is 8.67. The number of oxime groups is 1. The smallest absolute Gasteiger partial charge is 0.119 e. The molecule has 19 heavy (non-hydrogen) atoms. The third-order valence-electron chi connectivity index (χ3n) is 2.78. The molecule has 0 aliphatic rings. The first-order valence-corrected chi connectivity index (χ1v) is 6.11. The Bertz CT molecular complexity index is 536. The van der Waals surface area contributed by atoms with Crippen LogP contribution >= 0.6 is 0 Å². The van der Waals surface area contributed by atoms with Crippen molar-refractivity contribution in [1.29, 1.82) is 0 Å². The van der Waals surface area contributed by atoms with E-state index < -0.39 is 0 Å². The monoisotopic (exact) mass is 256 g/mol. The van der Waals surface area contributed by atoms with Gasteiger partial charge < -0.3 is 9.94 Å². The zero-order chi connectivity index (χ0) is 13.5. The zero-order valence-corrected chi connectivity index (χ0v) is 10.8. The van der Waals surface area contributed by atoms with Crippen molar-refractivity contribution in [2.24, 2.45) is 5.16 Å². The van der Waals surface area contributed by atoms with E-state index in [9.17, 15) is 0 Å². The zero-order valence-electron chi connectivity index (χ0n) is 10.8. The summed E-state index contributed by atoms with van der Waals surface area (Å²) < 4.78 is 5.64. The molecule has 0 fully saturated rings. The van der Waals surface area contributed by atoms with E-state index in [0.717, 1.165) is 23.4 Å². The lowest BCUT2D eigenvalue weighted by molar-refractivity contribution is 0.318. The minimum Gasteiger partial charge on any atom is -0.493 e. The third kappa shape index (κ3) is 3.81. The Kier molecular flexibility index (Phi) is 4.50. The predicted octanol–water partition coefficient (Wildman–Crippen LogP) is 2.90. The summed E-state index contributed by atoms with van der Waals surface area (Å²) in [6, 6.07) is 13.3. The molecule has 0 spiro atoms. The summed E-state index contributed by atoms with van der Waals surface area (Å²) in [6.07, 6.45) is 2.56. The molecule has 1 heterocycles. The molecule has 0 unspecified atom stereocenters. The molecule has 0 radical (unpaired) electrons. The molecule has 0 saturated carbocycles. The average molecular weight is 256 g/mol. The molecular formula is C15H16N2O2. The van der Waals surface area contributed by atoms with Gasteiger partial charge in [-0.1, -0.05) is 11.2 Å². The Balaban J connectivity index is 1.87. The Morgan fingerprint density at radius 3 is 2.63 bits per heavy atom. The Morgan fingerprint density at radius 2 is 2.00 bits per heavy atom. The van der Waals surface area contributed by atoms with Crippen molar-refractivity contribution in [2.45, 2.75) is 13.3 Å². The number of aromatic nitrogens is 1. The van der Waals surface area contributed by atoms with Gasteiger partial charge in [-0.15, -0.1) is 0 Å². The summed E-state index contributed by atoms with van der Waals surface area (Å²) in [7, 11) is 0. The summed E-state index contributed by atoms with van der Waals surface area (Å²) in [5.74, 6) is 0.797. The highest BCUT2D eigenvalue weighted by molar-refractivity contribution is 5.98. The highest BCUT2D eigenvalue weighted by atomic mass is 16.5. The van der Waals surface area contributed by atoms with Crippen molar-refractivity contribution in [1.82, 2.24) is 4.98 Å². The van der Waals surface area contributed by atoms with Crippen molar-refractivity contribution in [3.8, 4) is 5.75 Å². The van der Waals surface area contributed by atoms with Crippen molar-refractivity contribution in [3.05, 3.63) is 59.9 Å². The standard InChI is InChI=1S/C15H16N2O2/c1-12(17-18)13-5-7-15(8-6-13)19-11-9-14-4-2-3-10-16-14/h2-8,10,18H,9,11H2,1H3/b17-12+. The molecule has 2 aromatic rings. The second-order valence-electron chi connectivity index (χ2n) is 4.13. The third-order valence-corrected chi connectivity index (χ3v) is 2.78. The van der Waals surface area contributed by atoms with Crippen LogP contribution in [0.25, 0.3) is 0 Å². The Hall–Kier alpha value is -2.36. The molecule has 1 N–H and O–H groups in total. The maximum Gasteiger partial charge on any atom is 0.119 e. The SMILES string of the molecule is C/C(=N\O)c1ccc(OCCc2ccccn2)cc1. The normalized spacial score (nSPS) is 11.3. The lowest BCUT2D eigenvalue weighted by atomic mass is 10.1. The fourth-order valence-electron chi connectivity index (χ4n) is 1.67. The van der Waals surface area contributed by atoms with Gasteiger partial charge in [-0.2, -0.15) is 0 Å². The summed E-state index contributed by atoms with van der Waals surface area (Å²) in [5, 5.41) is 11.8. The van der Waals surface area contributed by atoms with Gasteiger partial charge in [0.15, 0.2) is 0 Å². The molecule has 4 nitrogen and oxygen atoms in total. The number of pyridine rings is 1. The van der Waals surface area contributed by atoms with E-state index in [0.29, 0.717) is 12.3 Å². The van der Waals surface area contributed by atoms with Crippen LogP contribution in [0.3, 0.4) is 0 Å². The van der Waals surface area contributed by atoms with Crippen LogP contribution in [0.2, 0.25) is 0 Å². The Morgan fingerprint density at radius 1 is 1.21 bits per heavy atom. The first kappa shape index (κ1) is 13.1. The quantitative estimate of drug-likeness (QED) is 0.508. The minimum absolute atomic E-state index is 0.583. The van der Waals surface area contributed by atoms with Gasteiger partial charge in [-0.3, -0.25) is 4.98 Å². The maximum atomic E-state index is 8.67. The van der Waals surface area contributed by atoms with Crippen LogP contribution in [0, 0.1) is 0 Å². The molecule has 0 amide bonds. The van der Waals surface area contributed by atoms with Crippen molar-refractivity contribution in [3.63, 3.8) is 0 Å². The number of hydrogen-bond donors (Lipinski definition) is 1. The van der Waals surface area contributed by atoms with E-state index in [1.165, 1.54) is 0 Å². The molecule has 0 aliphatic carbocycles. The van der Waals surface area contributed by atoms with E-state index in [4.69, 9.17) is 9.94 Å². The molecule has 0 bridgehead atoms. The lowest BCUT2D eigenvalue weighted by Gasteiger charge is -2.06. The lowest BCUT2D eigenvalue weighted by Crippen LogP contribution is -2.03. The van der Waals surface area contributed by atoms with E-state index in [-0.39, 0.29) is 0 Å². The fraction of sp³-hybridized carbons (Fsp3) is 0.200. The van der Waals surface area contributed by atoms with E-state index in [2.05, 4.69) is 10.1 Å². The highest BCUT2D eigenvalue weighted by Gasteiger charge is 1.99. The van der Waals surface area contributed by atoms with Crippen LogP contribution in [-0.4, -0.2) is 22.5 Å². The highest BCUT2D eigenvalue weighted by Crippen LogP contribution is 2.13. The van der Waals surface area contributed by atoms with E-state index in [1.807, 2.05) is 42.5 Å². The molecular weight excluding hydrogens is 240 g/mol. The molecule has 1 aromatic carbocycles. The predicted molar refractivity (Wildman–Crippen MR) is 73.9 cm³/mol. The number of ether oxygens (including phenoxy) is 1. The van der Waals surface area contributed by atoms with Crippen LogP contribution in [-0.2, 0) is 6.42 Å². The molecule has 0 atom stereocenters. The molecule has 1 aromatic heterocycles. The number of rotatable bonds is 5. The van der Waals surface area contributed by atoms with Gasteiger partial charge in [-0.25, -0.2) is 0 Å². The molecule has 4 heteroatoms. The fourth-order valence-corrected chi connectivity index (χ4v) is 1.67. The second-order valence-corrected chi connectivity index (χ2v) is 4.13. The van der Waals surface area contributed by atoms with Crippen LogP contribution in [0.15, 0.2) is 53.8 Å². The van der Waals surface area contributed by atoms with Gasteiger partial charge in [0, 0.05) is 18.3 Å². The summed E-state index contributed by atoms with van der Waals surface area (Å²) >= 11 is 0. The molecule has 0 aliphatic heterocycles. The molecule has 2 rings (SSSR count). The number of hydrogen-bond acceptors (Lipinski definition) is 4. The van der Waals surface area contributed by atoms with Gasteiger partial charge in [0.05, 0.1) is 12.3 Å². The topological polar surface area (TPSA) is 54.7 Å². The molecule has 0 saturated heterocycles. The van der Waals surface area contributed by atoms with Crippen LogP contribution in [0.1, 0.15) is 18.2 Å². The van der Waals surface area contributed by atoms with Gasteiger partial charge in [-0.05, 0) is 48.9 Å². The van der Waals surface area contributed by atoms with Crippen LogP contribution in [0.5, 0.6) is 5.75 Å². The van der Waals surface area contributed by atoms with Crippen molar-refractivity contribution in [2.75, 3.05) is 6.61 Å². The summed E-state index contributed by atoms with van der Waals surface area (Å²) in [5.41, 5.74) is 2.47. The van der Waals surface area contributed by atoms with Gasteiger partial charge >= 0.3 is 0 Å². The van der Waals surface area contributed by atoms with E-state index >= 15 is 0 Å². The van der Waals surface area contributed by atoms with Gasteiger partial charge in [0.25, 0.3) is 0 Å². The number of nitrogens with zero attached hydrogens (tertiary/aromatic N) is 2. The first-order chi connectivity index (χ1) is 9.29. The second kappa shape index (κ2) is 6.54.